The first-order valence-electron chi connectivity index (χ1n) is 5.84. The molecule has 1 unspecified atom stereocenters. The van der Waals surface area contributed by atoms with Crippen LogP contribution in [0.25, 0.3) is 5.57 Å². The zero-order valence-electron chi connectivity index (χ0n) is 10.2. The Morgan fingerprint density at radius 1 is 1.29 bits per heavy atom. The molecule has 0 saturated heterocycles. The van der Waals surface area contributed by atoms with Crippen LogP contribution < -0.4 is 0 Å². The van der Waals surface area contributed by atoms with Crippen molar-refractivity contribution >= 4 is 21.5 Å². The van der Waals surface area contributed by atoms with E-state index >= 15 is 0 Å². The molecular formula is C15H16BrN. The minimum atomic E-state index is 0.160. The largest absolute Gasteiger partial charge is 0.255 e. The van der Waals surface area contributed by atoms with Gasteiger partial charge in [0.05, 0.1) is 5.69 Å². The van der Waals surface area contributed by atoms with Crippen LogP contribution in [0.3, 0.4) is 0 Å². The molecule has 2 rings (SSSR count). The molecule has 0 fully saturated rings. The fourth-order valence-electron chi connectivity index (χ4n) is 1.72. The maximum atomic E-state index is 4.42. The number of aromatic nitrogens is 1. The molecule has 0 bridgehead atoms. The highest BCUT2D eigenvalue weighted by atomic mass is 79.9. The Morgan fingerprint density at radius 2 is 2.12 bits per heavy atom. The number of halogens is 1. The Labute approximate surface area is 111 Å². The van der Waals surface area contributed by atoms with Crippen LogP contribution in [0.4, 0.5) is 0 Å². The molecule has 1 aromatic heterocycles. The fraction of sp³-hybridized carbons (Fsp3) is 0.267. The van der Waals surface area contributed by atoms with Crippen LogP contribution in [0.2, 0.25) is 0 Å². The van der Waals surface area contributed by atoms with E-state index in [4.69, 9.17) is 0 Å². The van der Waals surface area contributed by atoms with E-state index in [1.807, 2.05) is 18.3 Å². The highest BCUT2D eigenvalue weighted by Crippen LogP contribution is 2.29. The average molecular weight is 290 g/mol. The maximum absolute atomic E-state index is 4.42. The van der Waals surface area contributed by atoms with Crippen molar-refractivity contribution in [3.8, 4) is 0 Å². The molecule has 0 spiro atoms. The molecule has 0 N–H and O–H groups in total. The number of rotatable bonds is 2. The first kappa shape index (κ1) is 12.3. The van der Waals surface area contributed by atoms with Crippen LogP contribution in [-0.2, 0) is 0 Å². The highest BCUT2D eigenvalue weighted by molar-refractivity contribution is 9.10. The fourth-order valence-corrected chi connectivity index (χ4v) is 1.95. The van der Waals surface area contributed by atoms with Gasteiger partial charge in [0.1, 0.15) is 0 Å². The summed E-state index contributed by atoms with van der Waals surface area (Å²) in [4.78, 5) is 4.42. The number of nitrogens with zero attached hydrogens (tertiary/aromatic N) is 1. The minimum absolute atomic E-state index is 0.160. The summed E-state index contributed by atoms with van der Waals surface area (Å²) in [5.41, 5.74) is 2.33. The monoisotopic (exact) mass is 289 g/mol. The Kier molecular flexibility index (Phi) is 3.63. The van der Waals surface area contributed by atoms with Crippen molar-refractivity contribution in [2.75, 3.05) is 0 Å². The molecule has 1 nitrogen and oxygen atoms in total. The van der Waals surface area contributed by atoms with Crippen molar-refractivity contribution in [3.63, 3.8) is 0 Å². The zero-order chi connectivity index (χ0) is 12.3. The second-order valence-electron chi connectivity index (χ2n) is 4.54. The van der Waals surface area contributed by atoms with E-state index in [0.717, 1.165) is 22.2 Å². The highest BCUT2D eigenvalue weighted by Gasteiger charge is 2.15. The van der Waals surface area contributed by atoms with Gasteiger partial charge in [-0.1, -0.05) is 44.2 Å². The van der Waals surface area contributed by atoms with Gasteiger partial charge in [0.15, 0.2) is 0 Å². The summed E-state index contributed by atoms with van der Waals surface area (Å²) in [7, 11) is 0. The van der Waals surface area contributed by atoms with Crippen molar-refractivity contribution in [2.24, 2.45) is 5.41 Å². The minimum Gasteiger partial charge on any atom is -0.255 e. The van der Waals surface area contributed by atoms with E-state index in [1.165, 1.54) is 0 Å². The predicted octanol–water partition coefficient (Wildman–Crippen LogP) is 4.77. The zero-order valence-corrected chi connectivity index (χ0v) is 11.7. The first-order chi connectivity index (χ1) is 8.13. The third-order valence-corrected chi connectivity index (χ3v) is 3.65. The van der Waals surface area contributed by atoms with Crippen LogP contribution in [-0.4, -0.2) is 4.98 Å². The predicted molar refractivity (Wildman–Crippen MR) is 76.6 cm³/mol. The van der Waals surface area contributed by atoms with Crippen molar-refractivity contribution in [1.82, 2.24) is 4.98 Å². The summed E-state index contributed by atoms with van der Waals surface area (Å²) >= 11 is 3.40. The molecule has 1 aliphatic rings. The van der Waals surface area contributed by atoms with Gasteiger partial charge in [0.2, 0.25) is 0 Å². The number of hydrogen-bond donors (Lipinski definition) is 0. The standard InChI is InChI=1S/C15H16BrN/c1-3-15(2)9-4-5-12(8-10-15)14-7-6-13(16)11-17-14/h4-11H,3H2,1-2H3. The molecule has 1 aliphatic carbocycles. The van der Waals surface area contributed by atoms with Crippen LogP contribution in [0.5, 0.6) is 0 Å². The third-order valence-electron chi connectivity index (χ3n) is 3.18. The van der Waals surface area contributed by atoms with E-state index in [1.54, 1.807) is 0 Å². The summed E-state index contributed by atoms with van der Waals surface area (Å²) in [6, 6.07) is 4.05. The molecule has 1 aromatic rings. The van der Waals surface area contributed by atoms with Crippen LogP contribution in [0, 0.1) is 5.41 Å². The van der Waals surface area contributed by atoms with Gasteiger partial charge in [0, 0.05) is 16.1 Å². The lowest BCUT2D eigenvalue weighted by Gasteiger charge is -2.18. The van der Waals surface area contributed by atoms with Crippen molar-refractivity contribution in [3.05, 3.63) is 58.9 Å². The number of pyridine rings is 1. The Balaban J connectivity index is 2.30. The third kappa shape index (κ3) is 2.95. The van der Waals surface area contributed by atoms with Gasteiger partial charge in [-0.2, -0.15) is 0 Å². The second kappa shape index (κ2) is 5.01. The quantitative estimate of drug-likeness (QED) is 0.764. The molecule has 0 amide bonds. The van der Waals surface area contributed by atoms with Crippen LogP contribution in [0.1, 0.15) is 26.0 Å². The van der Waals surface area contributed by atoms with Crippen molar-refractivity contribution in [2.45, 2.75) is 20.3 Å². The van der Waals surface area contributed by atoms with E-state index in [9.17, 15) is 0 Å². The summed E-state index contributed by atoms with van der Waals surface area (Å²) in [6.07, 6.45) is 13.9. The van der Waals surface area contributed by atoms with Gasteiger partial charge >= 0.3 is 0 Å². The van der Waals surface area contributed by atoms with Crippen LogP contribution in [0.15, 0.2) is 53.2 Å². The SMILES string of the molecule is CCC1(C)C=CC=C(c2ccc(Br)cn2)C=C1. The van der Waals surface area contributed by atoms with Crippen LogP contribution >= 0.6 is 15.9 Å². The summed E-state index contributed by atoms with van der Waals surface area (Å²) < 4.78 is 1.01. The lowest BCUT2D eigenvalue weighted by atomic mass is 9.87. The van der Waals surface area contributed by atoms with Gasteiger partial charge in [-0.05, 0) is 40.1 Å². The average Bonchev–Trinajstić information content (AvgIpc) is 2.53. The first-order valence-corrected chi connectivity index (χ1v) is 6.63. The summed E-state index contributed by atoms with van der Waals surface area (Å²) in [5.74, 6) is 0. The number of hydrogen-bond acceptors (Lipinski definition) is 1. The van der Waals surface area contributed by atoms with Gasteiger partial charge in [-0.25, -0.2) is 0 Å². The second-order valence-corrected chi connectivity index (χ2v) is 5.45. The van der Waals surface area contributed by atoms with Gasteiger partial charge in [-0.3, -0.25) is 4.98 Å². The lowest BCUT2D eigenvalue weighted by Crippen LogP contribution is -2.06. The van der Waals surface area contributed by atoms with Crippen molar-refractivity contribution in [1.29, 1.82) is 0 Å². The smallest absolute Gasteiger partial charge is 0.0702 e. The molecule has 1 atom stereocenters. The molecule has 2 heteroatoms. The lowest BCUT2D eigenvalue weighted by molar-refractivity contribution is 0.531. The van der Waals surface area contributed by atoms with Crippen molar-refractivity contribution < 1.29 is 0 Å². The summed E-state index contributed by atoms with van der Waals surface area (Å²) in [6.45, 7) is 4.45. The Hall–Kier alpha value is -1.15. The molecule has 17 heavy (non-hydrogen) atoms. The normalized spacial score (nSPS) is 23.4. The van der Waals surface area contributed by atoms with Gasteiger partial charge < -0.3 is 0 Å². The molecule has 0 aromatic carbocycles. The van der Waals surface area contributed by atoms with Gasteiger partial charge in [0.25, 0.3) is 0 Å². The topological polar surface area (TPSA) is 12.9 Å². The van der Waals surface area contributed by atoms with Gasteiger partial charge in [-0.15, -0.1) is 0 Å². The molecule has 88 valence electrons. The molecular weight excluding hydrogens is 274 g/mol. The molecule has 0 aliphatic heterocycles. The Morgan fingerprint density at radius 3 is 2.76 bits per heavy atom. The molecule has 0 saturated carbocycles. The van der Waals surface area contributed by atoms with E-state index in [0.29, 0.717) is 0 Å². The molecule has 0 radical (unpaired) electrons. The number of allylic oxidation sites excluding steroid dienone is 6. The maximum Gasteiger partial charge on any atom is 0.0702 e. The van der Waals surface area contributed by atoms with E-state index < -0.39 is 0 Å². The summed E-state index contributed by atoms with van der Waals surface area (Å²) in [5, 5.41) is 0. The van der Waals surface area contributed by atoms with E-state index in [-0.39, 0.29) is 5.41 Å². The Bertz CT molecular complexity index is 482. The molecule has 1 heterocycles. The van der Waals surface area contributed by atoms with E-state index in [2.05, 4.69) is 65.1 Å².